The monoisotopic (exact) mass is 342 g/mol. The maximum Gasteiger partial charge on any atom is 0.326 e. The average molecular weight is 342 g/mol. The summed E-state index contributed by atoms with van der Waals surface area (Å²) in [6.07, 6.45) is 4.16. The number of oxazole rings is 1. The fraction of sp³-hybridized carbons (Fsp3) is 0.316. The van der Waals surface area contributed by atoms with Crippen molar-refractivity contribution in [3.05, 3.63) is 54.1 Å². The van der Waals surface area contributed by atoms with Gasteiger partial charge in [0.25, 0.3) is 0 Å². The van der Waals surface area contributed by atoms with E-state index in [2.05, 4.69) is 10.3 Å². The molecule has 1 unspecified atom stereocenters. The lowest BCUT2D eigenvalue weighted by molar-refractivity contribution is -0.141. The molecular formula is C19H22N2O4. The van der Waals surface area contributed by atoms with Crippen LogP contribution in [-0.2, 0) is 16.0 Å². The van der Waals surface area contributed by atoms with E-state index in [1.54, 1.807) is 19.1 Å². The highest BCUT2D eigenvalue weighted by atomic mass is 16.4. The van der Waals surface area contributed by atoms with Crippen LogP contribution in [0.4, 0.5) is 0 Å². The van der Waals surface area contributed by atoms with Gasteiger partial charge in [0.1, 0.15) is 6.04 Å². The first-order valence-corrected chi connectivity index (χ1v) is 8.16. The molecule has 1 aromatic carbocycles. The highest BCUT2D eigenvalue weighted by molar-refractivity contribution is 5.83. The molecule has 25 heavy (non-hydrogen) atoms. The summed E-state index contributed by atoms with van der Waals surface area (Å²) in [6, 6.07) is 8.70. The lowest BCUT2D eigenvalue weighted by Gasteiger charge is -2.12. The van der Waals surface area contributed by atoms with Gasteiger partial charge in [-0.25, -0.2) is 9.78 Å². The molecule has 0 radical (unpaired) electrons. The van der Waals surface area contributed by atoms with Crippen molar-refractivity contribution in [2.75, 3.05) is 0 Å². The molecule has 0 aliphatic carbocycles. The molecule has 2 rings (SSSR count). The molecule has 1 aromatic heterocycles. The van der Waals surface area contributed by atoms with Gasteiger partial charge in [-0.1, -0.05) is 42.5 Å². The second-order valence-electron chi connectivity index (χ2n) is 5.65. The highest BCUT2D eigenvalue weighted by Gasteiger charge is 2.19. The maximum atomic E-state index is 12.0. The summed E-state index contributed by atoms with van der Waals surface area (Å²) >= 11 is 0. The quantitative estimate of drug-likeness (QED) is 0.719. The Bertz CT molecular complexity index is 750. The molecule has 0 saturated carbocycles. The van der Waals surface area contributed by atoms with Crippen LogP contribution in [0, 0.1) is 6.92 Å². The number of rotatable bonds is 8. The van der Waals surface area contributed by atoms with E-state index in [9.17, 15) is 9.59 Å². The molecule has 0 aliphatic rings. The van der Waals surface area contributed by atoms with Gasteiger partial charge >= 0.3 is 5.97 Å². The van der Waals surface area contributed by atoms with Crippen LogP contribution < -0.4 is 5.32 Å². The summed E-state index contributed by atoms with van der Waals surface area (Å²) in [6.45, 7) is 3.66. The van der Waals surface area contributed by atoms with E-state index in [0.29, 0.717) is 18.1 Å². The second-order valence-corrected chi connectivity index (χ2v) is 5.65. The minimum atomic E-state index is -1.05. The lowest BCUT2D eigenvalue weighted by atomic mass is 10.1. The van der Waals surface area contributed by atoms with E-state index in [4.69, 9.17) is 9.52 Å². The van der Waals surface area contributed by atoms with Gasteiger partial charge in [0, 0.05) is 18.4 Å². The van der Waals surface area contributed by atoms with Crippen LogP contribution in [-0.4, -0.2) is 28.0 Å². The fourth-order valence-corrected chi connectivity index (χ4v) is 2.40. The Morgan fingerprint density at radius 1 is 1.32 bits per heavy atom. The molecule has 0 bridgehead atoms. The standard InChI is InChI=1S/C19H22N2O4/c1-3-4-10-15(19(23)24)21-16(22)11-12-17-20-13(2)18(25-17)14-8-6-5-7-9-14/h3-9,15H,10-12H2,1-2H3,(H,21,22)(H,23,24)/b4-3+. The van der Waals surface area contributed by atoms with Gasteiger partial charge in [0.15, 0.2) is 11.7 Å². The third-order valence-electron chi connectivity index (χ3n) is 3.68. The molecule has 6 heteroatoms. The van der Waals surface area contributed by atoms with Crippen molar-refractivity contribution in [3.63, 3.8) is 0 Å². The number of amides is 1. The largest absolute Gasteiger partial charge is 0.480 e. The van der Waals surface area contributed by atoms with Crippen LogP contribution in [0.15, 0.2) is 46.9 Å². The van der Waals surface area contributed by atoms with Crippen molar-refractivity contribution in [3.8, 4) is 11.3 Å². The molecule has 1 atom stereocenters. The number of carboxylic acids is 1. The van der Waals surface area contributed by atoms with E-state index in [1.807, 2.05) is 37.3 Å². The molecule has 2 N–H and O–H groups in total. The fourth-order valence-electron chi connectivity index (χ4n) is 2.40. The van der Waals surface area contributed by atoms with Crippen LogP contribution >= 0.6 is 0 Å². The van der Waals surface area contributed by atoms with Crippen molar-refractivity contribution in [1.82, 2.24) is 10.3 Å². The third-order valence-corrected chi connectivity index (χ3v) is 3.68. The third kappa shape index (κ3) is 5.31. The number of hydrogen-bond acceptors (Lipinski definition) is 4. The van der Waals surface area contributed by atoms with Crippen LogP contribution in [0.1, 0.15) is 31.4 Å². The summed E-state index contributed by atoms with van der Waals surface area (Å²) in [7, 11) is 0. The molecule has 132 valence electrons. The first-order valence-electron chi connectivity index (χ1n) is 8.16. The van der Waals surface area contributed by atoms with Gasteiger partial charge in [-0.05, 0) is 20.3 Å². The number of benzene rings is 1. The number of carboxylic acid groups (broad SMARTS) is 1. The van der Waals surface area contributed by atoms with Gasteiger partial charge < -0.3 is 14.8 Å². The molecule has 2 aromatic rings. The first-order chi connectivity index (χ1) is 12.0. The Morgan fingerprint density at radius 3 is 2.68 bits per heavy atom. The first kappa shape index (κ1) is 18.4. The summed E-state index contributed by atoms with van der Waals surface area (Å²) in [5, 5.41) is 11.6. The minimum absolute atomic E-state index is 0.119. The van der Waals surface area contributed by atoms with Crippen LogP contribution in [0.3, 0.4) is 0 Å². The zero-order valence-corrected chi connectivity index (χ0v) is 14.4. The minimum Gasteiger partial charge on any atom is -0.480 e. The number of aliphatic carboxylic acids is 1. The van der Waals surface area contributed by atoms with Crippen molar-refractivity contribution >= 4 is 11.9 Å². The van der Waals surface area contributed by atoms with Gasteiger partial charge in [0.05, 0.1) is 5.69 Å². The van der Waals surface area contributed by atoms with E-state index in [1.165, 1.54) is 0 Å². The Kier molecular flexibility index (Phi) is 6.51. The zero-order valence-electron chi connectivity index (χ0n) is 14.4. The van der Waals surface area contributed by atoms with E-state index < -0.39 is 12.0 Å². The Balaban J connectivity index is 1.95. The van der Waals surface area contributed by atoms with Crippen molar-refractivity contribution in [2.45, 2.75) is 39.2 Å². The summed E-state index contributed by atoms with van der Waals surface area (Å²) in [5.74, 6) is -0.238. The number of nitrogens with zero attached hydrogens (tertiary/aromatic N) is 1. The highest BCUT2D eigenvalue weighted by Crippen LogP contribution is 2.24. The van der Waals surface area contributed by atoms with Gasteiger partial charge in [-0.2, -0.15) is 0 Å². The SMILES string of the molecule is C/C=C/CC(NC(=O)CCc1nc(C)c(-c2ccccc2)o1)C(=O)O. The predicted molar refractivity (Wildman–Crippen MR) is 94.0 cm³/mol. The summed E-state index contributed by atoms with van der Waals surface area (Å²) in [5.41, 5.74) is 1.69. The Hall–Kier alpha value is -2.89. The van der Waals surface area contributed by atoms with Crippen LogP contribution in [0.2, 0.25) is 0 Å². The summed E-state index contributed by atoms with van der Waals surface area (Å²) in [4.78, 5) is 27.5. The van der Waals surface area contributed by atoms with Gasteiger partial charge in [0.2, 0.25) is 5.91 Å². The van der Waals surface area contributed by atoms with E-state index >= 15 is 0 Å². The van der Waals surface area contributed by atoms with E-state index in [-0.39, 0.29) is 18.7 Å². The van der Waals surface area contributed by atoms with Crippen molar-refractivity contribution in [1.29, 1.82) is 0 Å². The Labute approximate surface area is 146 Å². The molecule has 1 heterocycles. The van der Waals surface area contributed by atoms with Crippen LogP contribution in [0.5, 0.6) is 0 Å². The van der Waals surface area contributed by atoms with Gasteiger partial charge in [-0.3, -0.25) is 4.79 Å². The predicted octanol–water partition coefficient (Wildman–Crippen LogP) is 3.12. The van der Waals surface area contributed by atoms with Crippen molar-refractivity contribution in [2.24, 2.45) is 0 Å². The second kappa shape index (κ2) is 8.82. The zero-order chi connectivity index (χ0) is 18.2. The number of allylic oxidation sites excluding steroid dienone is 1. The molecule has 0 fully saturated rings. The number of aryl methyl sites for hydroxylation is 2. The number of hydrogen-bond donors (Lipinski definition) is 2. The molecule has 1 amide bonds. The van der Waals surface area contributed by atoms with Crippen LogP contribution in [0.25, 0.3) is 11.3 Å². The smallest absolute Gasteiger partial charge is 0.326 e. The maximum absolute atomic E-state index is 12.0. The van der Waals surface area contributed by atoms with E-state index in [0.717, 1.165) is 11.3 Å². The topological polar surface area (TPSA) is 92.4 Å². The number of nitrogens with one attached hydrogen (secondary N) is 1. The lowest BCUT2D eigenvalue weighted by Crippen LogP contribution is -2.40. The number of carbonyl (C=O) groups is 2. The number of carbonyl (C=O) groups excluding carboxylic acids is 1. The molecule has 0 aliphatic heterocycles. The molecule has 0 saturated heterocycles. The van der Waals surface area contributed by atoms with Gasteiger partial charge in [-0.15, -0.1) is 0 Å². The number of aromatic nitrogens is 1. The van der Waals surface area contributed by atoms with Crippen molar-refractivity contribution < 1.29 is 19.1 Å². The molecular weight excluding hydrogens is 320 g/mol. The Morgan fingerprint density at radius 2 is 2.04 bits per heavy atom. The molecule has 0 spiro atoms. The summed E-state index contributed by atoms with van der Waals surface area (Å²) < 4.78 is 5.75. The molecule has 6 nitrogen and oxygen atoms in total. The average Bonchev–Trinajstić information content (AvgIpc) is 2.98. The normalized spacial score (nSPS) is 12.2.